The van der Waals surface area contributed by atoms with Gasteiger partial charge in [0.1, 0.15) is 11.2 Å². The summed E-state index contributed by atoms with van der Waals surface area (Å²) in [5, 5.41) is 5.67. The fourth-order valence-electron chi connectivity index (χ4n) is 6.04. The lowest BCUT2D eigenvalue weighted by molar-refractivity contribution is -0.128. The number of nitrogens with zero attached hydrogens (tertiary/aromatic N) is 4. The minimum Gasteiger partial charge on any atom is -0.444 e. The third-order valence-electron chi connectivity index (χ3n) is 7.63. The molecule has 0 spiro atoms. The van der Waals surface area contributed by atoms with Crippen LogP contribution in [0.4, 0.5) is 10.5 Å². The van der Waals surface area contributed by atoms with Crippen LogP contribution in [0.5, 0.6) is 0 Å². The van der Waals surface area contributed by atoms with Gasteiger partial charge in [-0.3, -0.25) is 9.59 Å². The highest BCUT2D eigenvalue weighted by atomic mass is 16.6. The van der Waals surface area contributed by atoms with E-state index in [4.69, 9.17) is 9.84 Å². The summed E-state index contributed by atoms with van der Waals surface area (Å²) in [7, 11) is 0. The summed E-state index contributed by atoms with van der Waals surface area (Å²) in [6, 6.07) is 7.68. The predicted octanol–water partition coefficient (Wildman–Crippen LogP) is 3.81. The van der Waals surface area contributed by atoms with Crippen molar-refractivity contribution in [3.63, 3.8) is 0 Å². The molecule has 2 aliphatic heterocycles. The third-order valence-corrected chi connectivity index (χ3v) is 7.63. The highest BCUT2D eigenvalue weighted by molar-refractivity contribution is 6.12. The molecule has 35 heavy (non-hydrogen) atoms. The highest BCUT2D eigenvalue weighted by Gasteiger charge is 2.50. The number of ether oxygens (including phenoxy) is 1. The summed E-state index contributed by atoms with van der Waals surface area (Å²) in [4.78, 5) is 44.8. The van der Waals surface area contributed by atoms with Crippen LogP contribution in [0.2, 0.25) is 0 Å². The van der Waals surface area contributed by atoms with Gasteiger partial charge in [0.25, 0.3) is 5.56 Å². The van der Waals surface area contributed by atoms with Crippen LogP contribution < -0.4 is 10.5 Å². The quantitative estimate of drug-likeness (QED) is 0.566. The Bertz CT molecular complexity index is 1390. The standard InChI is InChI=1S/C26H31N5O4/c1-26(2,3)35-25(34)29-12-10-15(11-13-29)20-14-21(32)27-23-22-17(28-31(20)23)7-5-9-19(22)30-18-8-4-6-16(18)24(30)33/h5,7,9,14-16,18H,4,6,8,10-13H2,1-3H3,(H,27,32). The SMILES string of the molecule is CC(C)(C)OC(=O)N1CCC(c2cc(=O)[nH]c3c4c(N5C(=O)C6CCCC65)cccc4nn23)CC1. The van der Waals surface area contributed by atoms with Crippen LogP contribution in [0, 0.1) is 5.92 Å². The number of carbonyl (C=O) groups is 2. The molecule has 0 radical (unpaired) electrons. The zero-order chi connectivity index (χ0) is 24.5. The van der Waals surface area contributed by atoms with Gasteiger partial charge in [0.05, 0.1) is 28.2 Å². The van der Waals surface area contributed by atoms with E-state index in [9.17, 15) is 14.4 Å². The Balaban J connectivity index is 1.35. The number of aromatic nitrogens is 3. The average molecular weight is 478 g/mol. The summed E-state index contributed by atoms with van der Waals surface area (Å²) in [5.74, 6) is 0.394. The first kappa shape index (κ1) is 22.1. The average Bonchev–Trinajstić information content (AvgIpc) is 3.40. The van der Waals surface area contributed by atoms with Crippen molar-refractivity contribution >= 4 is 34.2 Å². The number of benzene rings is 1. The first-order chi connectivity index (χ1) is 16.7. The molecule has 0 bridgehead atoms. The highest BCUT2D eigenvalue weighted by Crippen LogP contribution is 2.45. The van der Waals surface area contributed by atoms with Gasteiger partial charge in [-0.2, -0.15) is 5.10 Å². The van der Waals surface area contributed by atoms with Crippen LogP contribution in [0.25, 0.3) is 16.6 Å². The van der Waals surface area contributed by atoms with Crippen LogP contribution in [0.1, 0.15) is 64.5 Å². The van der Waals surface area contributed by atoms with Gasteiger partial charge in [0, 0.05) is 31.1 Å². The summed E-state index contributed by atoms with van der Waals surface area (Å²) < 4.78 is 7.35. The zero-order valence-electron chi connectivity index (χ0n) is 20.4. The predicted molar refractivity (Wildman–Crippen MR) is 132 cm³/mol. The van der Waals surface area contributed by atoms with E-state index in [0.717, 1.165) is 54.4 Å². The van der Waals surface area contributed by atoms with Crippen LogP contribution in [0.15, 0.2) is 29.1 Å². The minimum absolute atomic E-state index is 0.0844. The molecule has 4 heterocycles. The van der Waals surface area contributed by atoms with E-state index in [0.29, 0.717) is 18.7 Å². The second kappa shape index (κ2) is 7.83. The van der Waals surface area contributed by atoms with E-state index in [-0.39, 0.29) is 35.4 Å². The number of fused-ring (bicyclic) bond motifs is 4. The summed E-state index contributed by atoms with van der Waals surface area (Å²) in [6.45, 7) is 6.71. The van der Waals surface area contributed by atoms with Gasteiger partial charge in [-0.15, -0.1) is 0 Å². The van der Waals surface area contributed by atoms with Gasteiger partial charge in [0.2, 0.25) is 5.91 Å². The van der Waals surface area contributed by atoms with E-state index in [1.165, 1.54) is 0 Å². The van der Waals surface area contributed by atoms with Crippen LogP contribution in [-0.4, -0.2) is 56.2 Å². The Morgan fingerprint density at radius 3 is 2.63 bits per heavy atom. The molecule has 2 aromatic heterocycles. The van der Waals surface area contributed by atoms with E-state index in [2.05, 4.69) is 4.98 Å². The number of carbonyl (C=O) groups excluding carboxylic acids is 2. The lowest BCUT2D eigenvalue weighted by Gasteiger charge is -2.43. The maximum Gasteiger partial charge on any atom is 0.410 e. The molecule has 2 saturated heterocycles. The molecule has 2 unspecified atom stereocenters. The first-order valence-corrected chi connectivity index (χ1v) is 12.6. The molecule has 1 aromatic carbocycles. The van der Waals surface area contributed by atoms with Crippen LogP contribution in [-0.2, 0) is 9.53 Å². The number of hydrogen-bond donors (Lipinski definition) is 1. The Kier molecular flexibility index (Phi) is 4.95. The zero-order valence-corrected chi connectivity index (χ0v) is 20.4. The molecule has 1 aliphatic carbocycles. The smallest absolute Gasteiger partial charge is 0.410 e. The molecular weight excluding hydrogens is 446 g/mol. The molecule has 3 aliphatic rings. The van der Waals surface area contributed by atoms with Gasteiger partial charge in [-0.1, -0.05) is 12.5 Å². The maximum atomic E-state index is 12.9. The Labute approximate surface area is 203 Å². The number of aromatic amines is 1. The number of rotatable bonds is 2. The van der Waals surface area contributed by atoms with E-state index in [1.807, 2.05) is 48.4 Å². The topological polar surface area (TPSA) is 100 Å². The Morgan fingerprint density at radius 1 is 1.11 bits per heavy atom. The van der Waals surface area contributed by atoms with Crippen molar-refractivity contribution in [2.45, 2.75) is 70.4 Å². The van der Waals surface area contributed by atoms with E-state index < -0.39 is 5.60 Å². The van der Waals surface area contributed by atoms with Crippen molar-refractivity contribution < 1.29 is 14.3 Å². The number of likely N-dealkylation sites (tertiary alicyclic amines) is 1. The fraction of sp³-hybridized carbons (Fsp3) is 0.538. The number of amides is 2. The molecule has 184 valence electrons. The second-order valence-electron chi connectivity index (χ2n) is 11.0. The van der Waals surface area contributed by atoms with Crippen LogP contribution in [0.3, 0.4) is 0 Å². The number of hydrogen-bond acceptors (Lipinski definition) is 5. The first-order valence-electron chi connectivity index (χ1n) is 12.6. The lowest BCUT2D eigenvalue weighted by Crippen LogP contribution is -2.58. The maximum absolute atomic E-state index is 12.9. The van der Waals surface area contributed by atoms with Gasteiger partial charge in [-0.25, -0.2) is 9.31 Å². The molecule has 2 atom stereocenters. The molecule has 9 nitrogen and oxygen atoms in total. The Hall–Kier alpha value is -3.36. The van der Waals surface area contributed by atoms with Crippen molar-refractivity contribution in [2.75, 3.05) is 18.0 Å². The number of H-pyrrole nitrogens is 1. The monoisotopic (exact) mass is 477 g/mol. The van der Waals surface area contributed by atoms with Gasteiger partial charge in [0.15, 0.2) is 0 Å². The molecule has 3 aromatic rings. The summed E-state index contributed by atoms with van der Waals surface area (Å²) in [5.41, 5.74) is 2.33. The van der Waals surface area contributed by atoms with E-state index >= 15 is 0 Å². The summed E-state index contributed by atoms with van der Waals surface area (Å²) >= 11 is 0. The molecule has 1 N–H and O–H groups in total. The molecule has 2 amide bonds. The van der Waals surface area contributed by atoms with Gasteiger partial charge < -0.3 is 19.5 Å². The van der Waals surface area contributed by atoms with Crippen molar-refractivity contribution in [3.05, 3.63) is 40.3 Å². The van der Waals surface area contributed by atoms with Gasteiger partial charge in [-0.05, 0) is 58.6 Å². The number of nitrogens with one attached hydrogen (secondary N) is 1. The number of anilines is 1. The number of piperidine rings is 1. The van der Waals surface area contributed by atoms with Gasteiger partial charge >= 0.3 is 6.09 Å². The summed E-state index contributed by atoms with van der Waals surface area (Å²) in [6.07, 6.45) is 4.19. The minimum atomic E-state index is -0.532. The van der Waals surface area contributed by atoms with Crippen molar-refractivity contribution in [1.29, 1.82) is 0 Å². The Morgan fingerprint density at radius 2 is 1.89 bits per heavy atom. The largest absolute Gasteiger partial charge is 0.444 e. The molecular formula is C26H31N5O4. The molecule has 1 saturated carbocycles. The normalized spacial score (nSPS) is 23.1. The van der Waals surface area contributed by atoms with Crippen molar-refractivity contribution in [3.8, 4) is 0 Å². The third kappa shape index (κ3) is 3.59. The second-order valence-corrected chi connectivity index (χ2v) is 11.0. The fourth-order valence-corrected chi connectivity index (χ4v) is 6.04. The van der Waals surface area contributed by atoms with E-state index in [1.54, 1.807) is 11.0 Å². The lowest BCUT2D eigenvalue weighted by atomic mass is 9.89. The molecule has 9 heteroatoms. The number of β-lactam (4-membered cyclic amide) rings is 1. The van der Waals surface area contributed by atoms with Crippen LogP contribution >= 0.6 is 0 Å². The van der Waals surface area contributed by atoms with Crippen molar-refractivity contribution in [1.82, 2.24) is 19.5 Å². The molecule has 6 rings (SSSR count). The molecule has 3 fully saturated rings. The van der Waals surface area contributed by atoms with Crippen molar-refractivity contribution in [2.24, 2.45) is 5.92 Å².